The van der Waals surface area contributed by atoms with Gasteiger partial charge < -0.3 is 15.1 Å². The fourth-order valence-electron chi connectivity index (χ4n) is 3.22. The molecule has 0 bridgehead atoms. The maximum atomic E-state index is 12.6. The first kappa shape index (κ1) is 20.5. The summed E-state index contributed by atoms with van der Waals surface area (Å²) in [4.78, 5) is 16.8. The zero-order valence-electron chi connectivity index (χ0n) is 15.9. The molecule has 8 heteroatoms. The first-order chi connectivity index (χ1) is 13.3. The minimum atomic E-state index is -3.23. The number of hydrogen-bond acceptors (Lipinski definition) is 4. The number of nitrogens with zero attached hydrogens (tertiary/aromatic N) is 2. The van der Waals surface area contributed by atoms with E-state index in [-0.39, 0.29) is 17.0 Å². The molecule has 1 saturated heterocycles. The summed E-state index contributed by atoms with van der Waals surface area (Å²) in [5, 5.41) is 3.70. The molecule has 1 unspecified atom stereocenters. The minimum Gasteiger partial charge on any atom is -0.367 e. The molecule has 0 radical (unpaired) electrons. The first-order valence-corrected chi connectivity index (χ1v) is 11.4. The van der Waals surface area contributed by atoms with Gasteiger partial charge in [0.15, 0.2) is 9.84 Å². The lowest BCUT2D eigenvalue weighted by Gasteiger charge is -2.37. The normalized spacial score (nSPS) is 16.0. The highest BCUT2D eigenvalue weighted by Gasteiger charge is 2.23. The second-order valence-corrected chi connectivity index (χ2v) is 9.36. The van der Waals surface area contributed by atoms with E-state index >= 15 is 0 Å². The summed E-state index contributed by atoms with van der Waals surface area (Å²) in [6.07, 6.45) is 1.18. The lowest BCUT2D eigenvalue weighted by molar-refractivity contribution is 0.191. The molecule has 0 saturated carbocycles. The van der Waals surface area contributed by atoms with E-state index in [9.17, 15) is 13.2 Å². The van der Waals surface area contributed by atoms with E-state index in [2.05, 4.69) is 10.2 Å². The number of para-hydroxylation sites is 1. The zero-order chi connectivity index (χ0) is 20.3. The van der Waals surface area contributed by atoms with Crippen LogP contribution in [0, 0.1) is 0 Å². The molecule has 0 spiro atoms. The number of carbonyl (C=O) groups excluding carboxylic acids is 1. The van der Waals surface area contributed by atoms with Gasteiger partial charge in [-0.2, -0.15) is 0 Å². The zero-order valence-corrected chi connectivity index (χ0v) is 17.5. The Labute approximate surface area is 171 Å². The van der Waals surface area contributed by atoms with Gasteiger partial charge >= 0.3 is 6.03 Å². The molecule has 2 aromatic rings. The maximum absolute atomic E-state index is 12.6. The second-order valence-electron chi connectivity index (χ2n) is 6.94. The highest BCUT2D eigenvalue weighted by molar-refractivity contribution is 7.90. The molecule has 0 aliphatic carbocycles. The van der Waals surface area contributed by atoms with Gasteiger partial charge in [0, 0.05) is 32.4 Å². The van der Waals surface area contributed by atoms with Crippen molar-refractivity contribution in [3.8, 4) is 0 Å². The largest absolute Gasteiger partial charge is 0.367 e. The van der Waals surface area contributed by atoms with Gasteiger partial charge in [-0.3, -0.25) is 0 Å². The van der Waals surface area contributed by atoms with Gasteiger partial charge in [0.1, 0.15) is 0 Å². The molecule has 1 fully saturated rings. The molecule has 150 valence electrons. The van der Waals surface area contributed by atoms with E-state index in [0.717, 1.165) is 11.3 Å². The van der Waals surface area contributed by atoms with Crippen molar-refractivity contribution < 1.29 is 13.2 Å². The summed E-state index contributed by atoms with van der Waals surface area (Å²) in [6, 6.07) is 14.0. The van der Waals surface area contributed by atoms with Gasteiger partial charge in [-0.1, -0.05) is 35.9 Å². The number of piperazine rings is 1. The Balaban J connectivity index is 1.56. The third-order valence-electron chi connectivity index (χ3n) is 4.91. The molecule has 1 aliphatic rings. The summed E-state index contributed by atoms with van der Waals surface area (Å²) in [6.45, 7) is 4.53. The van der Waals surface area contributed by atoms with E-state index in [1.54, 1.807) is 29.2 Å². The number of sulfone groups is 1. The Bertz CT molecular complexity index is 939. The molecule has 3 rings (SSSR count). The molecule has 0 aromatic heterocycles. The molecule has 1 aliphatic heterocycles. The molecular weight excluding hydrogens is 398 g/mol. The number of rotatable bonds is 4. The van der Waals surface area contributed by atoms with Crippen LogP contribution in [0.5, 0.6) is 0 Å². The lowest BCUT2D eigenvalue weighted by Crippen LogP contribution is -2.52. The second kappa shape index (κ2) is 8.41. The molecule has 1 N–H and O–H groups in total. The van der Waals surface area contributed by atoms with Crippen molar-refractivity contribution >= 4 is 33.2 Å². The van der Waals surface area contributed by atoms with Crippen molar-refractivity contribution in [2.75, 3.05) is 37.3 Å². The quantitative estimate of drug-likeness (QED) is 0.822. The van der Waals surface area contributed by atoms with Crippen molar-refractivity contribution in [3.63, 3.8) is 0 Å². The van der Waals surface area contributed by atoms with Crippen LogP contribution in [0.25, 0.3) is 0 Å². The molecule has 6 nitrogen and oxygen atoms in total. The fourth-order valence-corrected chi connectivity index (χ4v) is 4.11. The van der Waals surface area contributed by atoms with Gasteiger partial charge in [-0.15, -0.1) is 0 Å². The van der Waals surface area contributed by atoms with Gasteiger partial charge in [-0.05, 0) is 36.8 Å². The van der Waals surface area contributed by atoms with Crippen molar-refractivity contribution in [2.45, 2.75) is 17.9 Å². The fraction of sp³-hybridized carbons (Fsp3) is 0.350. The monoisotopic (exact) mass is 421 g/mol. The van der Waals surface area contributed by atoms with Crippen LogP contribution >= 0.6 is 11.6 Å². The standard InChI is InChI=1S/C20H24ClN3O3S/c1-15(16-7-9-17(10-8-16)28(2,26)27)22-20(25)24-13-11-23(12-14-24)19-6-4-3-5-18(19)21/h3-10,15H,11-14H2,1-2H3,(H,22,25). The Kier molecular flexibility index (Phi) is 6.15. The van der Waals surface area contributed by atoms with Crippen LogP contribution in [0.4, 0.5) is 10.5 Å². The summed E-state index contributed by atoms with van der Waals surface area (Å²) in [7, 11) is -3.23. The number of carbonyl (C=O) groups is 1. The third-order valence-corrected chi connectivity index (χ3v) is 6.36. The maximum Gasteiger partial charge on any atom is 0.317 e. The Hall–Kier alpha value is -2.25. The number of anilines is 1. The highest BCUT2D eigenvalue weighted by atomic mass is 35.5. The highest BCUT2D eigenvalue weighted by Crippen LogP contribution is 2.26. The molecule has 1 atom stereocenters. The number of benzene rings is 2. The van der Waals surface area contributed by atoms with E-state index in [4.69, 9.17) is 11.6 Å². The Morgan fingerprint density at radius 2 is 1.64 bits per heavy atom. The van der Waals surface area contributed by atoms with Crippen LogP contribution < -0.4 is 10.2 Å². The molecule has 2 aromatic carbocycles. The SMILES string of the molecule is CC(NC(=O)N1CCN(c2ccccc2Cl)CC1)c1ccc(S(C)(=O)=O)cc1. The summed E-state index contributed by atoms with van der Waals surface area (Å²) < 4.78 is 23.1. The predicted molar refractivity (Wildman–Crippen MR) is 112 cm³/mol. The van der Waals surface area contributed by atoms with Gasteiger partial charge in [0.05, 0.1) is 21.6 Å². The van der Waals surface area contributed by atoms with Crippen LogP contribution in [-0.4, -0.2) is 51.8 Å². The number of amides is 2. The van der Waals surface area contributed by atoms with Crippen molar-refractivity contribution in [1.82, 2.24) is 10.2 Å². The van der Waals surface area contributed by atoms with E-state index in [1.165, 1.54) is 6.26 Å². The molecular formula is C20H24ClN3O3S. The van der Waals surface area contributed by atoms with Crippen molar-refractivity contribution in [1.29, 1.82) is 0 Å². The number of halogens is 1. The number of nitrogens with one attached hydrogen (secondary N) is 1. The van der Waals surface area contributed by atoms with Crippen LogP contribution in [0.15, 0.2) is 53.4 Å². The van der Waals surface area contributed by atoms with Crippen LogP contribution in [0.2, 0.25) is 5.02 Å². The van der Waals surface area contributed by atoms with E-state index in [0.29, 0.717) is 31.2 Å². The Morgan fingerprint density at radius 1 is 1.04 bits per heavy atom. The van der Waals surface area contributed by atoms with Crippen LogP contribution in [0.1, 0.15) is 18.5 Å². The molecule has 28 heavy (non-hydrogen) atoms. The van der Waals surface area contributed by atoms with Crippen molar-refractivity contribution in [2.24, 2.45) is 0 Å². The number of urea groups is 1. The van der Waals surface area contributed by atoms with Crippen molar-refractivity contribution in [3.05, 3.63) is 59.1 Å². The Morgan fingerprint density at radius 3 is 2.21 bits per heavy atom. The predicted octanol–water partition coefficient (Wildman–Crippen LogP) is 3.34. The van der Waals surface area contributed by atoms with Gasteiger partial charge in [-0.25, -0.2) is 13.2 Å². The van der Waals surface area contributed by atoms with E-state index in [1.807, 2.05) is 31.2 Å². The summed E-state index contributed by atoms with van der Waals surface area (Å²) in [5.41, 5.74) is 1.85. The first-order valence-electron chi connectivity index (χ1n) is 9.10. The summed E-state index contributed by atoms with van der Waals surface area (Å²) in [5.74, 6) is 0. The minimum absolute atomic E-state index is 0.126. The third kappa shape index (κ3) is 4.77. The smallest absolute Gasteiger partial charge is 0.317 e. The van der Waals surface area contributed by atoms with E-state index < -0.39 is 9.84 Å². The van der Waals surface area contributed by atoms with Crippen LogP contribution in [0.3, 0.4) is 0 Å². The molecule has 2 amide bonds. The topological polar surface area (TPSA) is 69.7 Å². The summed E-state index contributed by atoms with van der Waals surface area (Å²) >= 11 is 6.26. The average molecular weight is 422 g/mol. The molecule has 1 heterocycles. The van der Waals surface area contributed by atoms with Gasteiger partial charge in [0.2, 0.25) is 0 Å². The van der Waals surface area contributed by atoms with Crippen LogP contribution in [-0.2, 0) is 9.84 Å². The lowest BCUT2D eigenvalue weighted by atomic mass is 10.1. The number of hydrogen-bond donors (Lipinski definition) is 1. The average Bonchev–Trinajstić information content (AvgIpc) is 2.68. The van der Waals surface area contributed by atoms with Gasteiger partial charge in [0.25, 0.3) is 0 Å².